The van der Waals surface area contributed by atoms with E-state index in [-0.39, 0.29) is 0 Å². The van der Waals surface area contributed by atoms with Gasteiger partial charge in [0.25, 0.3) is 0 Å². The Labute approximate surface area is 116 Å². The molecule has 106 valence electrons. The Kier molecular flexibility index (Phi) is 5.67. The zero-order chi connectivity index (χ0) is 13.5. The van der Waals surface area contributed by atoms with Gasteiger partial charge in [-0.1, -0.05) is 25.5 Å². The van der Waals surface area contributed by atoms with Gasteiger partial charge in [-0.3, -0.25) is 4.90 Å². The molecule has 1 saturated heterocycles. The van der Waals surface area contributed by atoms with Gasteiger partial charge < -0.3 is 10.1 Å². The van der Waals surface area contributed by atoms with Crippen LogP contribution in [0.3, 0.4) is 0 Å². The molecule has 1 aliphatic heterocycles. The molecule has 0 aliphatic carbocycles. The number of nitrogens with one attached hydrogen (secondary N) is 1. The molecule has 0 radical (unpaired) electrons. The lowest BCUT2D eigenvalue weighted by Gasteiger charge is -2.30. The highest BCUT2D eigenvalue weighted by molar-refractivity contribution is 5.28. The third-order valence-electron chi connectivity index (χ3n) is 3.88. The highest BCUT2D eigenvalue weighted by Crippen LogP contribution is 2.15. The number of hydrogen-bond acceptors (Lipinski definition) is 3. The predicted octanol–water partition coefficient (Wildman–Crippen LogP) is 2.66. The Hall–Kier alpha value is -1.06. The molecule has 19 heavy (non-hydrogen) atoms. The fraction of sp³-hybridized carbons (Fsp3) is 0.625. The quantitative estimate of drug-likeness (QED) is 0.853. The van der Waals surface area contributed by atoms with E-state index in [1.165, 1.54) is 31.4 Å². The largest absolute Gasteiger partial charge is 0.497 e. The van der Waals surface area contributed by atoms with Crippen molar-refractivity contribution in [2.75, 3.05) is 26.7 Å². The van der Waals surface area contributed by atoms with E-state index in [2.05, 4.69) is 35.3 Å². The minimum absolute atomic E-state index is 0.666. The molecule has 1 N–H and O–H groups in total. The van der Waals surface area contributed by atoms with Crippen molar-refractivity contribution in [1.29, 1.82) is 0 Å². The summed E-state index contributed by atoms with van der Waals surface area (Å²) >= 11 is 0. The fourth-order valence-corrected chi connectivity index (χ4v) is 2.73. The Balaban J connectivity index is 1.90. The van der Waals surface area contributed by atoms with Gasteiger partial charge in [0.1, 0.15) is 5.75 Å². The van der Waals surface area contributed by atoms with Crippen molar-refractivity contribution in [2.24, 2.45) is 0 Å². The van der Waals surface area contributed by atoms with Crippen LogP contribution >= 0.6 is 0 Å². The van der Waals surface area contributed by atoms with Gasteiger partial charge >= 0.3 is 0 Å². The molecular weight excluding hydrogens is 236 g/mol. The second-order valence-electron chi connectivity index (χ2n) is 5.33. The number of ether oxygens (including phenoxy) is 1. The fourth-order valence-electron chi connectivity index (χ4n) is 2.73. The van der Waals surface area contributed by atoms with Crippen LogP contribution in [-0.2, 0) is 6.54 Å². The number of methoxy groups -OCH3 is 1. The maximum atomic E-state index is 5.29. The summed E-state index contributed by atoms with van der Waals surface area (Å²) in [5.41, 5.74) is 1.33. The topological polar surface area (TPSA) is 24.5 Å². The molecule has 3 heteroatoms. The molecule has 0 saturated carbocycles. The molecule has 1 atom stereocenters. The lowest BCUT2D eigenvalue weighted by Crippen LogP contribution is -2.43. The molecule has 1 aliphatic rings. The molecule has 0 amide bonds. The highest BCUT2D eigenvalue weighted by atomic mass is 16.5. The van der Waals surface area contributed by atoms with Crippen molar-refractivity contribution in [2.45, 2.75) is 38.8 Å². The third kappa shape index (κ3) is 4.51. The first-order valence-electron chi connectivity index (χ1n) is 7.40. The molecule has 1 aromatic carbocycles. The van der Waals surface area contributed by atoms with Gasteiger partial charge in [-0.15, -0.1) is 0 Å². The van der Waals surface area contributed by atoms with Crippen LogP contribution in [0.4, 0.5) is 0 Å². The van der Waals surface area contributed by atoms with E-state index in [1.807, 2.05) is 6.07 Å². The van der Waals surface area contributed by atoms with Crippen LogP contribution in [0.15, 0.2) is 24.3 Å². The van der Waals surface area contributed by atoms with Gasteiger partial charge in [0, 0.05) is 19.1 Å². The first kappa shape index (κ1) is 14.4. The van der Waals surface area contributed by atoms with Gasteiger partial charge in [0.05, 0.1) is 7.11 Å². The molecule has 1 fully saturated rings. The van der Waals surface area contributed by atoms with Crippen LogP contribution in [-0.4, -0.2) is 37.7 Å². The maximum absolute atomic E-state index is 5.29. The first-order chi connectivity index (χ1) is 9.31. The van der Waals surface area contributed by atoms with E-state index >= 15 is 0 Å². The van der Waals surface area contributed by atoms with E-state index in [9.17, 15) is 0 Å². The predicted molar refractivity (Wildman–Crippen MR) is 79.6 cm³/mol. The molecule has 1 unspecified atom stereocenters. The zero-order valence-electron chi connectivity index (χ0n) is 12.2. The van der Waals surface area contributed by atoms with E-state index < -0.39 is 0 Å². The van der Waals surface area contributed by atoms with E-state index in [1.54, 1.807) is 7.11 Å². The third-order valence-corrected chi connectivity index (χ3v) is 3.88. The minimum atomic E-state index is 0.666. The number of benzene rings is 1. The van der Waals surface area contributed by atoms with E-state index in [0.29, 0.717) is 6.04 Å². The summed E-state index contributed by atoms with van der Waals surface area (Å²) in [6, 6.07) is 9.05. The molecule has 1 heterocycles. The van der Waals surface area contributed by atoms with E-state index in [4.69, 9.17) is 4.74 Å². The minimum Gasteiger partial charge on any atom is -0.497 e. The van der Waals surface area contributed by atoms with Gasteiger partial charge in [-0.05, 0) is 43.6 Å². The van der Waals surface area contributed by atoms with Crippen molar-refractivity contribution in [3.8, 4) is 5.75 Å². The SMILES string of the molecule is CCN(Cc1cccc(OC)c1)CC1CCCCN1. The Morgan fingerprint density at radius 2 is 2.26 bits per heavy atom. The summed E-state index contributed by atoms with van der Waals surface area (Å²) < 4.78 is 5.29. The number of likely N-dealkylation sites (N-methyl/N-ethyl adjacent to an activating group) is 1. The van der Waals surface area contributed by atoms with Gasteiger partial charge in [-0.2, -0.15) is 0 Å². The molecule has 0 aromatic heterocycles. The lowest BCUT2D eigenvalue weighted by atomic mass is 10.0. The molecule has 0 bridgehead atoms. The number of piperidine rings is 1. The molecule has 2 rings (SSSR count). The summed E-state index contributed by atoms with van der Waals surface area (Å²) in [6.45, 7) is 6.67. The smallest absolute Gasteiger partial charge is 0.119 e. The maximum Gasteiger partial charge on any atom is 0.119 e. The Morgan fingerprint density at radius 1 is 1.37 bits per heavy atom. The first-order valence-corrected chi connectivity index (χ1v) is 7.40. The van der Waals surface area contributed by atoms with Gasteiger partial charge in [0.2, 0.25) is 0 Å². The number of hydrogen-bond donors (Lipinski definition) is 1. The summed E-state index contributed by atoms with van der Waals surface area (Å²) in [5, 5.41) is 3.63. The molecule has 3 nitrogen and oxygen atoms in total. The summed E-state index contributed by atoms with van der Waals surface area (Å²) in [5.74, 6) is 0.948. The van der Waals surface area contributed by atoms with Crippen LogP contribution in [0, 0.1) is 0 Å². The van der Waals surface area contributed by atoms with Crippen molar-refractivity contribution >= 4 is 0 Å². The van der Waals surface area contributed by atoms with Crippen LogP contribution < -0.4 is 10.1 Å². The number of nitrogens with zero attached hydrogens (tertiary/aromatic N) is 1. The van der Waals surface area contributed by atoms with Gasteiger partial charge in [0.15, 0.2) is 0 Å². The van der Waals surface area contributed by atoms with Crippen LogP contribution in [0.1, 0.15) is 31.7 Å². The summed E-state index contributed by atoms with van der Waals surface area (Å²) in [6.07, 6.45) is 4.02. The summed E-state index contributed by atoms with van der Waals surface area (Å²) in [7, 11) is 1.72. The van der Waals surface area contributed by atoms with Crippen molar-refractivity contribution in [1.82, 2.24) is 10.2 Å². The molecule has 0 spiro atoms. The van der Waals surface area contributed by atoms with Crippen LogP contribution in [0.25, 0.3) is 0 Å². The van der Waals surface area contributed by atoms with E-state index in [0.717, 1.165) is 25.4 Å². The molecular formula is C16H26N2O. The Bertz CT molecular complexity index is 375. The average molecular weight is 262 g/mol. The molecule has 1 aromatic rings. The summed E-state index contributed by atoms with van der Waals surface area (Å²) in [4.78, 5) is 2.51. The number of rotatable bonds is 6. The van der Waals surface area contributed by atoms with Crippen LogP contribution in [0.5, 0.6) is 5.75 Å². The average Bonchev–Trinajstić information content (AvgIpc) is 2.48. The monoisotopic (exact) mass is 262 g/mol. The zero-order valence-corrected chi connectivity index (χ0v) is 12.2. The Morgan fingerprint density at radius 3 is 2.95 bits per heavy atom. The van der Waals surface area contributed by atoms with Crippen molar-refractivity contribution in [3.05, 3.63) is 29.8 Å². The van der Waals surface area contributed by atoms with Crippen LogP contribution in [0.2, 0.25) is 0 Å². The lowest BCUT2D eigenvalue weighted by molar-refractivity contribution is 0.226. The van der Waals surface area contributed by atoms with Gasteiger partial charge in [-0.25, -0.2) is 0 Å². The highest BCUT2D eigenvalue weighted by Gasteiger charge is 2.15. The van der Waals surface area contributed by atoms with Crippen molar-refractivity contribution < 1.29 is 4.74 Å². The van der Waals surface area contributed by atoms with Crippen molar-refractivity contribution in [3.63, 3.8) is 0 Å². The second-order valence-corrected chi connectivity index (χ2v) is 5.33. The normalized spacial score (nSPS) is 19.6. The standard InChI is InChI=1S/C16H26N2O/c1-3-18(13-15-8-4-5-10-17-15)12-14-7-6-9-16(11-14)19-2/h6-7,9,11,15,17H,3-5,8,10,12-13H2,1-2H3. The second kappa shape index (κ2) is 7.51.